The van der Waals surface area contributed by atoms with Crippen LogP contribution in [0, 0.1) is 0 Å². The van der Waals surface area contributed by atoms with E-state index >= 15 is 0 Å². The fourth-order valence-corrected chi connectivity index (χ4v) is 2.17. The van der Waals surface area contributed by atoms with Gasteiger partial charge in [0.2, 0.25) is 0 Å². The van der Waals surface area contributed by atoms with Crippen LogP contribution < -0.4 is 10.6 Å². The van der Waals surface area contributed by atoms with Crippen molar-refractivity contribution in [2.75, 3.05) is 6.54 Å². The van der Waals surface area contributed by atoms with Crippen LogP contribution in [0.2, 0.25) is 0 Å². The zero-order valence-corrected chi connectivity index (χ0v) is 15.0. The zero-order valence-electron chi connectivity index (χ0n) is 15.0. The van der Waals surface area contributed by atoms with E-state index in [0.717, 1.165) is 17.8 Å². The van der Waals surface area contributed by atoms with Gasteiger partial charge in [0.05, 0.1) is 24.3 Å². The lowest BCUT2D eigenvalue weighted by Gasteiger charge is -2.10. The Morgan fingerprint density at radius 3 is 2.42 bits per heavy atom. The first kappa shape index (κ1) is 19.8. The molecule has 2 aromatic rings. The van der Waals surface area contributed by atoms with Crippen molar-refractivity contribution in [1.82, 2.24) is 15.8 Å². The number of alkyl halides is 3. The number of halogens is 3. The standard InChI is InChI=1S/C18H23F3N4O/c1-4-22-17(24-11-15-9-16(12(2)3)25-26-15)23-10-13-5-7-14(8-6-13)18(19,20)21/h5-9,12H,4,10-11H2,1-3H3,(H2,22,23,24). The molecule has 0 saturated heterocycles. The van der Waals surface area contributed by atoms with Crippen LogP contribution in [0.5, 0.6) is 0 Å². The van der Waals surface area contributed by atoms with Crippen LogP contribution >= 0.6 is 0 Å². The minimum absolute atomic E-state index is 0.265. The van der Waals surface area contributed by atoms with E-state index in [4.69, 9.17) is 4.52 Å². The van der Waals surface area contributed by atoms with Gasteiger partial charge in [0.1, 0.15) is 0 Å². The van der Waals surface area contributed by atoms with Crippen molar-refractivity contribution in [2.24, 2.45) is 4.99 Å². The minimum Gasteiger partial charge on any atom is -0.359 e. The van der Waals surface area contributed by atoms with Crippen molar-refractivity contribution in [1.29, 1.82) is 0 Å². The number of aliphatic imine (C=N–C) groups is 1. The van der Waals surface area contributed by atoms with E-state index in [2.05, 4.69) is 20.8 Å². The first-order valence-electron chi connectivity index (χ1n) is 8.43. The zero-order chi connectivity index (χ0) is 19.2. The first-order chi connectivity index (χ1) is 12.3. The molecular formula is C18H23F3N4O. The molecule has 0 radical (unpaired) electrons. The maximum atomic E-state index is 12.6. The number of benzene rings is 1. The van der Waals surface area contributed by atoms with Gasteiger partial charge in [-0.05, 0) is 30.5 Å². The highest BCUT2D eigenvalue weighted by atomic mass is 19.4. The molecule has 0 aliphatic heterocycles. The molecular weight excluding hydrogens is 345 g/mol. The van der Waals surface area contributed by atoms with Crippen LogP contribution in [-0.4, -0.2) is 17.7 Å². The maximum absolute atomic E-state index is 12.6. The Kier molecular flexibility index (Phi) is 6.65. The second-order valence-corrected chi connectivity index (χ2v) is 6.12. The largest absolute Gasteiger partial charge is 0.416 e. The van der Waals surface area contributed by atoms with E-state index in [9.17, 15) is 13.2 Å². The average molecular weight is 368 g/mol. The lowest BCUT2D eigenvalue weighted by molar-refractivity contribution is -0.137. The molecule has 2 rings (SSSR count). The summed E-state index contributed by atoms with van der Waals surface area (Å²) in [5, 5.41) is 10.2. The van der Waals surface area contributed by atoms with E-state index in [1.165, 1.54) is 12.1 Å². The molecule has 2 N–H and O–H groups in total. The fourth-order valence-electron chi connectivity index (χ4n) is 2.17. The monoisotopic (exact) mass is 368 g/mol. The summed E-state index contributed by atoms with van der Waals surface area (Å²) in [6.45, 7) is 7.34. The quantitative estimate of drug-likeness (QED) is 0.596. The van der Waals surface area contributed by atoms with Crippen LogP contribution in [0.1, 0.15) is 49.3 Å². The molecule has 26 heavy (non-hydrogen) atoms. The Morgan fingerprint density at radius 2 is 1.88 bits per heavy atom. The molecule has 0 bridgehead atoms. The lowest BCUT2D eigenvalue weighted by Crippen LogP contribution is -2.36. The van der Waals surface area contributed by atoms with Gasteiger partial charge in [-0.25, -0.2) is 4.99 Å². The van der Waals surface area contributed by atoms with E-state index < -0.39 is 11.7 Å². The third-order valence-electron chi connectivity index (χ3n) is 3.64. The minimum atomic E-state index is -4.33. The normalized spacial score (nSPS) is 12.5. The van der Waals surface area contributed by atoms with Gasteiger partial charge in [0, 0.05) is 12.6 Å². The van der Waals surface area contributed by atoms with E-state index in [0.29, 0.717) is 30.4 Å². The summed E-state index contributed by atoms with van der Waals surface area (Å²) in [6, 6.07) is 6.87. The Hall–Kier alpha value is -2.51. The molecule has 142 valence electrons. The van der Waals surface area contributed by atoms with Crippen molar-refractivity contribution in [2.45, 2.75) is 46.0 Å². The predicted octanol–water partition coefficient (Wildman–Crippen LogP) is 4.07. The summed E-state index contributed by atoms with van der Waals surface area (Å²) < 4.78 is 43.0. The molecule has 0 saturated carbocycles. The number of aromatic nitrogens is 1. The molecule has 0 unspecified atom stereocenters. The highest BCUT2D eigenvalue weighted by Crippen LogP contribution is 2.29. The van der Waals surface area contributed by atoms with Gasteiger partial charge in [-0.1, -0.05) is 31.1 Å². The van der Waals surface area contributed by atoms with Crippen molar-refractivity contribution in [3.8, 4) is 0 Å². The fraction of sp³-hybridized carbons (Fsp3) is 0.444. The second kappa shape index (κ2) is 8.73. The van der Waals surface area contributed by atoms with Crippen LogP contribution in [0.4, 0.5) is 13.2 Å². The number of hydrogen-bond donors (Lipinski definition) is 2. The van der Waals surface area contributed by atoms with Gasteiger partial charge < -0.3 is 15.2 Å². The molecule has 1 aromatic carbocycles. The van der Waals surface area contributed by atoms with E-state index in [1.54, 1.807) is 0 Å². The van der Waals surface area contributed by atoms with E-state index in [-0.39, 0.29) is 12.5 Å². The molecule has 0 amide bonds. The lowest BCUT2D eigenvalue weighted by atomic mass is 10.1. The maximum Gasteiger partial charge on any atom is 0.416 e. The van der Waals surface area contributed by atoms with E-state index in [1.807, 2.05) is 26.8 Å². The predicted molar refractivity (Wildman–Crippen MR) is 93.7 cm³/mol. The van der Waals surface area contributed by atoms with Crippen molar-refractivity contribution >= 4 is 5.96 Å². The van der Waals surface area contributed by atoms with Crippen molar-refractivity contribution in [3.05, 3.63) is 52.9 Å². The van der Waals surface area contributed by atoms with Crippen LogP contribution in [0.25, 0.3) is 0 Å². The third-order valence-corrected chi connectivity index (χ3v) is 3.64. The van der Waals surface area contributed by atoms with Gasteiger partial charge in [0.15, 0.2) is 11.7 Å². The molecule has 0 aliphatic rings. The summed E-state index contributed by atoms with van der Waals surface area (Å²) in [5.41, 5.74) is 0.909. The van der Waals surface area contributed by atoms with Gasteiger partial charge in [0.25, 0.3) is 0 Å². The van der Waals surface area contributed by atoms with Crippen molar-refractivity contribution < 1.29 is 17.7 Å². The van der Waals surface area contributed by atoms with Gasteiger partial charge in [-0.15, -0.1) is 0 Å². The van der Waals surface area contributed by atoms with Crippen LogP contribution in [-0.2, 0) is 19.3 Å². The van der Waals surface area contributed by atoms with Crippen LogP contribution in [0.3, 0.4) is 0 Å². The van der Waals surface area contributed by atoms with Gasteiger partial charge in [-0.3, -0.25) is 0 Å². The highest BCUT2D eigenvalue weighted by Gasteiger charge is 2.29. The first-order valence-corrected chi connectivity index (χ1v) is 8.43. The second-order valence-electron chi connectivity index (χ2n) is 6.12. The van der Waals surface area contributed by atoms with Crippen molar-refractivity contribution in [3.63, 3.8) is 0 Å². The number of rotatable bonds is 6. The van der Waals surface area contributed by atoms with Gasteiger partial charge in [-0.2, -0.15) is 13.2 Å². The summed E-state index contributed by atoms with van der Waals surface area (Å²) in [5.74, 6) is 1.53. The molecule has 5 nitrogen and oxygen atoms in total. The molecule has 0 fully saturated rings. The Morgan fingerprint density at radius 1 is 1.19 bits per heavy atom. The molecule has 1 heterocycles. The molecule has 1 aromatic heterocycles. The Balaban J connectivity index is 1.97. The summed E-state index contributed by atoms with van der Waals surface area (Å²) in [4.78, 5) is 4.38. The number of nitrogens with zero attached hydrogens (tertiary/aromatic N) is 2. The molecule has 8 heteroatoms. The highest BCUT2D eigenvalue weighted by molar-refractivity contribution is 5.79. The van der Waals surface area contributed by atoms with Crippen LogP contribution in [0.15, 0.2) is 39.8 Å². The Labute approximate surface area is 150 Å². The number of hydrogen-bond acceptors (Lipinski definition) is 3. The summed E-state index contributed by atoms with van der Waals surface area (Å²) in [7, 11) is 0. The smallest absolute Gasteiger partial charge is 0.359 e. The number of guanidine groups is 1. The number of nitrogens with one attached hydrogen (secondary N) is 2. The molecule has 0 atom stereocenters. The molecule has 0 aliphatic carbocycles. The topological polar surface area (TPSA) is 62.5 Å². The third kappa shape index (κ3) is 5.79. The average Bonchev–Trinajstić information content (AvgIpc) is 3.06. The summed E-state index contributed by atoms with van der Waals surface area (Å²) >= 11 is 0. The molecule has 0 spiro atoms. The Bertz CT molecular complexity index is 721. The SMILES string of the molecule is CCNC(=NCc1ccc(C(F)(F)F)cc1)NCc1cc(C(C)C)no1. The van der Waals surface area contributed by atoms with Gasteiger partial charge >= 0.3 is 6.18 Å². The summed E-state index contributed by atoms with van der Waals surface area (Å²) in [6.07, 6.45) is -4.33.